The van der Waals surface area contributed by atoms with Crippen LogP contribution in [0.15, 0.2) is 78.9 Å². The van der Waals surface area contributed by atoms with Gasteiger partial charge in [-0.3, -0.25) is 4.79 Å². The molecule has 35 heavy (non-hydrogen) atoms. The summed E-state index contributed by atoms with van der Waals surface area (Å²) < 4.78 is 16.9. The maximum atomic E-state index is 14.1. The summed E-state index contributed by atoms with van der Waals surface area (Å²) in [6.07, 6.45) is -0.740. The molecule has 1 N–H and O–H groups in total. The second-order valence-electron chi connectivity index (χ2n) is 9.03. The van der Waals surface area contributed by atoms with Crippen LogP contribution >= 0.6 is 0 Å². The van der Waals surface area contributed by atoms with Crippen molar-refractivity contribution in [2.75, 3.05) is 20.3 Å². The van der Waals surface area contributed by atoms with Crippen molar-refractivity contribution in [3.05, 3.63) is 95.6 Å². The Morgan fingerprint density at radius 2 is 1.46 bits per heavy atom. The van der Waals surface area contributed by atoms with E-state index >= 15 is 0 Å². The van der Waals surface area contributed by atoms with Crippen LogP contribution in [0.25, 0.3) is 11.1 Å². The molecule has 0 spiro atoms. The first kappa shape index (κ1) is 24.5. The summed E-state index contributed by atoms with van der Waals surface area (Å²) in [7, 11) is 1.30. The van der Waals surface area contributed by atoms with E-state index in [1.54, 1.807) is 0 Å². The van der Waals surface area contributed by atoms with E-state index in [1.807, 2.05) is 80.6 Å². The molecule has 1 aliphatic carbocycles. The van der Waals surface area contributed by atoms with E-state index < -0.39 is 17.5 Å². The minimum Gasteiger partial charge on any atom is -0.460 e. The first-order chi connectivity index (χ1) is 17.0. The summed E-state index contributed by atoms with van der Waals surface area (Å²) in [5.41, 5.74) is 3.80. The molecule has 0 saturated carbocycles. The molecule has 4 rings (SSSR count). The van der Waals surface area contributed by atoms with Crippen molar-refractivity contribution >= 4 is 12.1 Å². The fraction of sp³-hybridized carbons (Fsp3) is 0.310. The maximum Gasteiger partial charge on any atom is 0.406 e. The van der Waals surface area contributed by atoms with Crippen molar-refractivity contribution in [1.29, 1.82) is 0 Å². The number of carbonyl (C=O) groups excluding carboxylic acids is 2. The normalized spacial score (nSPS) is 14.1. The Kier molecular flexibility index (Phi) is 7.51. The van der Waals surface area contributed by atoms with Gasteiger partial charge in [-0.05, 0) is 41.7 Å². The highest BCUT2D eigenvalue weighted by Crippen LogP contribution is 2.53. The van der Waals surface area contributed by atoms with Gasteiger partial charge >= 0.3 is 12.1 Å². The SMILES string of the molecule is COC(=O)NC[C@](COC(C)C)(C(=O)OCc1ccccc1)C1c2ccccc2-c2ccccc21. The predicted molar refractivity (Wildman–Crippen MR) is 134 cm³/mol. The van der Waals surface area contributed by atoms with Crippen molar-refractivity contribution in [1.82, 2.24) is 5.32 Å². The van der Waals surface area contributed by atoms with E-state index in [2.05, 4.69) is 17.4 Å². The van der Waals surface area contributed by atoms with Crippen molar-refractivity contribution in [3.8, 4) is 11.1 Å². The molecule has 0 heterocycles. The van der Waals surface area contributed by atoms with Crippen molar-refractivity contribution in [3.63, 3.8) is 0 Å². The molecule has 6 heteroatoms. The fourth-order valence-electron chi connectivity index (χ4n) is 4.72. The number of carbonyl (C=O) groups is 2. The molecule has 0 unspecified atom stereocenters. The maximum absolute atomic E-state index is 14.1. The van der Waals surface area contributed by atoms with Crippen LogP contribution in [0.4, 0.5) is 4.79 Å². The van der Waals surface area contributed by atoms with E-state index in [0.717, 1.165) is 27.8 Å². The van der Waals surface area contributed by atoms with Gasteiger partial charge in [-0.15, -0.1) is 0 Å². The zero-order valence-corrected chi connectivity index (χ0v) is 20.3. The lowest BCUT2D eigenvalue weighted by atomic mass is 9.70. The molecule has 0 saturated heterocycles. The van der Waals surface area contributed by atoms with E-state index in [4.69, 9.17) is 14.2 Å². The second-order valence-corrected chi connectivity index (χ2v) is 9.03. The Balaban J connectivity index is 1.81. The Morgan fingerprint density at radius 3 is 2.03 bits per heavy atom. The van der Waals surface area contributed by atoms with Gasteiger partial charge in [0.1, 0.15) is 12.0 Å². The number of benzene rings is 3. The summed E-state index contributed by atoms with van der Waals surface area (Å²) in [6.45, 7) is 4.02. The van der Waals surface area contributed by atoms with Gasteiger partial charge < -0.3 is 19.5 Å². The molecule has 3 aromatic carbocycles. The topological polar surface area (TPSA) is 73.9 Å². The van der Waals surface area contributed by atoms with Crippen LogP contribution in [-0.2, 0) is 25.6 Å². The number of amides is 1. The van der Waals surface area contributed by atoms with Crippen molar-refractivity contribution < 1.29 is 23.8 Å². The Morgan fingerprint density at radius 1 is 0.886 bits per heavy atom. The van der Waals surface area contributed by atoms with Crippen LogP contribution in [-0.4, -0.2) is 38.4 Å². The predicted octanol–water partition coefficient (Wildman–Crippen LogP) is 5.31. The van der Waals surface area contributed by atoms with Crippen LogP contribution in [0.2, 0.25) is 0 Å². The Labute approximate surface area is 206 Å². The molecule has 1 amide bonds. The van der Waals surface area contributed by atoms with E-state index in [9.17, 15) is 9.59 Å². The smallest absolute Gasteiger partial charge is 0.406 e. The average molecular weight is 474 g/mol. The lowest BCUT2D eigenvalue weighted by Crippen LogP contribution is -2.51. The standard InChI is InChI=1S/C29H31NO5/c1-20(2)35-19-29(18-30-28(32)33-3,27(31)34-17-21-11-5-4-6-12-21)26-24-15-9-7-13-22(24)23-14-8-10-16-25(23)26/h4-16,20,26H,17-19H2,1-3H3,(H,30,32)/t29-/m1/s1. The number of methoxy groups -OCH3 is 1. The number of alkyl carbamates (subject to hydrolysis) is 1. The van der Waals surface area contributed by atoms with E-state index in [0.29, 0.717) is 0 Å². The summed E-state index contributed by atoms with van der Waals surface area (Å²) >= 11 is 0. The van der Waals surface area contributed by atoms with Gasteiger partial charge in [-0.25, -0.2) is 4.79 Å². The molecule has 182 valence electrons. The van der Waals surface area contributed by atoms with E-state index in [-0.39, 0.29) is 31.8 Å². The second kappa shape index (κ2) is 10.7. The van der Waals surface area contributed by atoms with Gasteiger partial charge in [0.2, 0.25) is 0 Å². The summed E-state index contributed by atoms with van der Waals surface area (Å²) in [5, 5.41) is 2.77. The highest BCUT2D eigenvalue weighted by molar-refractivity contribution is 5.87. The summed E-state index contributed by atoms with van der Waals surface area (Å²) in [6, 6.07) is 25.6. The van der Waals surface area contributed by atoms with Gasteiger partial charge in [0.05, 0.1) is 19.8 Å². The number of esters is 1. The third kappa shape index (κ3) is 5.08. The summed E-state index contributed by atoms with van der Waals surface area (Å²) in [4.78, 5) is 26.2. The number of rotatable bonds is 9. The van der Waals surface area contributed by atoms with Gasteiger partial charge in [0, 0.05) is 12.5 Å². The fourth-order valence-corrected chi connectivity index (χ4v) is 4.72. The molecule has 3 aromatic rings. The van der Waals surface area contributed by atoms with Gasteiger partial charge in [0.15, 0.2) is 0 Å². The quantitative estimate of drug-likeness (QED) is 0.427. The average Bonchev–Trinajstić information content (AvgIpc) is 3.23. The number of ether oxygens (including phenoxy) is 3. The molecular weight excluding hydrogens is 442 g/mol. The molecule has 6 nitrogen and oxygen atoms in total. The Hall–Kier alpha value is -3.64. The minimum atomic E-state index is -1.23. The molecule has 1 aliphatic rings. The monoisotopic (exact) mass is 473 g/mol. The molecule has 0 aromatic heterocycles. The zero-order chi connectivity index (χ0) is 24.8. The lowest BCUT2D eigenvalue weighted by molar-refractivity contribution is -0.163. The highest BCUT2D eigenvalue weighted by atomic mass is 16.5. The molecular formula is C29H31NO5. The molecule has 0 aliphatic heterocycles. The first-order valence-electron chi connectivity index (χ1n) is 11.8. The lowest BCUT2D eigenvalue weighted by Gasteiger charge is -2.38. The number of hydrogen-bond acceptors (Lipinski definition) is 5. The van der Waals surface area contributed by atoms with Gasteiger partial charge in [0.25, 0.3) is 0 Å². The molecule has 0 radical (unpaired) electrons. The summed E-state index contributed by atoms with van der Waals surface area (Å²) in [5.74, 6) is -0.816. The third-order valence-electron chi connectivity index (χ3n) is 6.41. The van der Waals surface area contributed by atoms with Crippen LogP contribution in [0.3, 0.4) is 0 Å². The number of fused-ring (bicyclic) bond motifs is 3. The minimum absolute atomic E-state index is 0.00660. The number of nitrogens with one attached hydrogen (secondary N) is 1. The largest absolute Gasteiger partial charge is 0.460 e. The van der Waals surface area contributed by atoms with Gasteiger partial charge in [-0.1, -0.05) is 78.9 Å². The molecule has 1 atom stereocenters. The van der Waals surface area contributed by atoms with Crippen molar-refractivity contribution in [2.24, 2.45) is 5.41 Å². The first-order valence-corrected chi connectivity index (χ1v) is 11.8. The van der Waals surface area contributed by atoms with Crippen LogP contribution in [0.5, 0.6) is 0 Å². The molecule has 0 fully saturated rings. The number of hydrogen-bond donors (Lipinski definition) is 1. The van der Waals surface area contributed by atoms with E-state index in [1.165, 1.54) is 7.11 Å². The van der Waals surface area contributed by atoms with Crippen LogP contribution < -0.4 is 5.32 Å². The van der Waals surface area contributed by atoms with Gasteiger partial charge in [-0.2, -0.15) is 0 Å². The molecule has 0 bridgehead atoms. The van der Waals surface area contributed by atoms with Crippen LogP contribution in [0.1, 0.15) is 36.5 Å². The zero-order valence-electron chi connectivity index (χ0n) is 20.3. The van der Waals surface area contributed by atoms with Crippen LogP contribution in [0, 0.1) is 5.41 Å². The third-order valence-corrected chi connectivity index (χ3v) is 6.41. The Bertz CT molecular complexity index is 1130. The van der Waals surface area contributed by atoms with Crippen molar-refractivity contribution in [2.45, 2.75) is 32.5 Å². The highest BCUT2D eigenvalue weighted by Gasteiger charge is 2.52.